The van der Waals surface area contributed by atoms with Crippen molar-refractivity contribution < 1.29 is 13.2 Å². The zero-order valence-corrected chi connectivity index (χ0v) is 16.9. The van der Waals surface area contributed by atoms with E-state index in [4.69, 9.17) is 11.6 Å². The first-order valence-electron chi connectivity index (χ1n) is 7.19. The normalized spacial score (nSPS) is 11.6. The SMILES string of the molecule is CC(C)CSc1nnc(NC(=O)c2ccc(NS(C)(=O)=O)cc2Cl)s1. The van der Waals surface area contributed by atoms with Crippen molar-refractivity contribution in [1.82, 2.24) is 10.2 Å². The number of amides is 1. The number of anilines is 2. The lowest BCUT2D eigenvalue weighted by Crippen LogP contribution is -2.13. The molecule has 0 saturated heterocycles. The number of benzene rings is 1. The Morgan fingerprint density at radius 2 is 2.08 bits per heavy atom. The molecule has 0 radical (unpaired) electrons. The van der Waals surface area contributed by atoms with Crippen LogP contribution in [0, 0.1) is 5.92 Å². The third-order valence-corrected chi connectivity index (χ3v) is 6.00. The van der Waals surface area contributed by atoms with Crippen molar-refractivity contribution in [2.75, 3.05) is 22.0 Å². The van der Waals surface area contributed by atoms with Crippen LogP contribution in [0.5, 0.6) is 0 Å². The molecule has 136 valence electrons. The minimum absolute atomic E-state index is 0.130. The third kappa shape index (κ3) is 6.46. The Labute approximate surface area is 159 Å². The molecule has 0 fully saturated rings. The van der Waals surface area contributed by atoms with Crippen LogP contribution >= 0.6 is 34.7 Å². The lowest BCUT2D eigenvalue weighted by atomic mass is 10.2. The van der Waals surface area contributed by atoms with Gasteiger partial charge in [0.05, 0.1) is 16.8 Å². The van der Waals surface area contributed by atoms with Crippen LogP contribution < -0.4 is 10.0 Å². The molecule has 0 spiro atoms. The summed E-state index contributed by atoms with van der Waals surface area (Å²) < 4.78 is 25.5. The number of rotatable bonds is 7. The third-order valence-electron chi connectivity index (χ3n) is 2.68. The van der Waals surface area contributed by atoms with Crippen LogP contribution in [0.25, 0.3) is 0 Å². The highest BCUT2D eigenvalue weighted by molar-refractivity contribution is 8.01. The maximum absolute atomic E-state index is 12.3. The number of nitrogens with zero attached hydrogens (tertiary/aromatic N) is 2. The second-order valence-electron chi connectivity index (χ2n) is 5.60. The van der Waals surface area contributed by atoms with Gasteiger partial charge in [-0.2, -0.15) is 0 Å². The lowest BCUT2D eigenvalue weighted by molar-refractivity contribution is 0.102. The quantitative estimate of drug-likeness (QED) is 0.524. The van der Waals surface area contributed by atoms with Crippen molar-refractivity contribution in [2.45, 2.75) is 18.2 Å². The molecule has 25 heavy (non-hydrogen) atoms. The van der Waals surface area contributed by atoms with Crippen LogP contribution in [0.2, 0.25) is 5.02 Å². The second-order valence-corrected chi connectivity index (χ2v) is 10.0. The van der Waals surface area contributed by atoms with E-state index >= 15 is 0 Å². The lowest BCUT2D eigenvalue weighted by Gasteiger charge is -2.07. The summed E-state index contributed by atoms with van der Waals surface area (Å²) in [5.74, 6) is 1.01. The molecule has 7 nitrogen and oxygen atoms in total. The van der Waals surface area contributed by atoms with Gasteiger partial charge in [0.2, 0.25) is 15.2 Å². The first kappa shape index (κ1) is 20.0. The average Bonchev–Trinajstić information content (AvgIpc) is 2.90. The molecular formula is C14H17ClN4O3S3. The predicted molar refractivity (Wildman–Crippen MR) is 103 cm³/mol. The van der Waals surface area contributed by atoms with Gasteiger partial charge in [-0.25, -0.2) is 8.42 Å². The number of aromatic nitrogens is 2. The zero-order chi connectivity index (χ0) is 18.6. The van der Waals surface area contributed by atoms with E-state index in [9.17, 15) is 13.2 Å². The van der Waals surface area contributed by atoms with Gasteiger partial charge >= 0.3 is 0 Å². The number of halogens is 1. The highest BCUT2D eigenvalue weighted by Crippen LogP contribution is 2.28. The fourth-order valence-electron chi connectivity index (χ4n) is 1.70. The first-order chi connectivity index (χ1) is 11.6. The largest absolute Gasteiger partial charge is 0.296 e. The molecule has 0 bridgehead atoms. The number of hydrogen-bond acceptors (Lipinski definition) is 7. The summed E-state index contributed by atoms with van der Waals surface area (Å²) in [7, 11) is -3.41. The zero-order valence-electron chi connectivity index (χ0n) is 13.7. The molecule has 0 unspecified atom stereocenters. The van der Waals surface area contributed by atoms with Crippen LogP contribution in [0.4, 0.5) is 10.8 Å². The number of nitrogens with one attached hydrogen (secondary N) is 2. The van der Waals surface area contributed by atoms with Crippen LogP contribution in [-0.4, -0.2) is 36.5 Å². The van der Waals surface area contributed by atoms with E-state index in [0.29, 0.717) is 11.0 Å². The van der Waals surface area contributed by atoms with Crippen molar-refractivity contribution in [3.05, 3.63) is 28.8 Å². The highest BCUT2D eigenvalue weighted by Gasteiger charge is 2.15. The summed E-state index contributed by atoms with van der Waals surface area (Å²) in [4.78, 5) is 12.3. The summed E-state index contributed by atoms with van der Waals surface area (Å²) in [5, 5.41) is 11.1. The van der Waals surface area contributed by atoms with Crippen LogP contribution in [0.15, 0.2) is 22.5 Å². The molecule has 0 saturated carbocycles. The minimum Gasteiger partial charge on any atom is -0.296 e. The fraction of sp³-hybridized carbons (Fsp3) is 0.357. The van der Waals surface area contributed by atoms with E-state index in [0.717, 1.165) is 16.3 Å². The topological polar surface area (TPSA) is 101 Å². The molecule has 11 heteroatoms. The molecule has 2 N–H and O–H groups in total. The van der Waals surface area contributed by atoms with Gasteiger partial charge < -0.3 is 0 Å². The Balaban J connectivity index is 2.06. The first-order valence-corrected chi connectivity index (χ1v) is 11.3. The summed E-state index contributed by atoms with van der Waals surface area (Å²) in [6.07, 6.45) is 1.03. The van der Waals surface area contributed by atoms with Gasteiger partial charge in [0.1, 0.15) is 0 Å². The molecule has 0 aliphatic carbocycles. The average molecular weight is 421 g/mol. The molecule has 0 aliphatic heterocycles. The van der Waals surface area contributed by atoms with E-state index < -0.39 is 15.9 Å². The summed E-state index contributed by atoms with van der Waals surface area (Å²) in [5.41, 5.74) is 0.500. The molecule has 0 atom stereocenters. The highest BCUT2D eigenvalue weighted by atomic mass is 35.5. The summed E-state index contributed by atoms with van der Waals surface area (Å²) >= 11 is 8.95. The van der Waals surface area contributed by atoms with Crippen LogP contribution in [0.3, 0.4) is 0 Å². The number of hydrogen-bond donors (Lipinski definition) is 2. The fourth-order valence-corrected chi connectivity index (χ4v) is 4.24. The van der Waals surface area contributed by atoms with Crippen molar-refractivity contribution in [2.24, 2.45) is 5.92 Å². The molecule has 0 aliphatic rings. The van der Waals surface area contributed by atoms with E-state index in [1.54, 1.807) is 11.8 Å². The molecule has 1 heterocycles. The van der Waals surface area contributed by atoms with Gasteiger partial charge in [0.15, 0.2) is 4.34 Å². The van der Waals surface area contributed by atoms with E-state index in [-0.39, 0.29) is 16.3 Å². The summed E-state index contributed by atoms with van der Waals surface area (Å²) in [6.45, 7) is 4.22. The Bertz CT molecular complexity index is 868. The van der Waals surface area contributed by atoms with Crippen molar-refractivity contribution in [1.29, 1.82) is 0 Å². The Morgan fingerprint density at radius 3 is 2.68 bits per heavy atom. The van der Waals surface area contributed by atoms with Gasteiger partial charge in [0.25, 0.3) is 5.91 Å². The maximum Gasteiger partial charge on any atom is 0.259 e. The minimum atomic E-state index is -3.41. The number of thioether (sulfide) groups is 1. The molecule has 1 amide bonds. The van der Waals surface area contributed by atoms with Gasteiger partial charge in [-0.3, -0.25) is 14.8 Å². The van der Waals surface area contributed by atoms with Crippen LogP contribution in [0.1, 0.15) is 24.2 Å². The van der Waals surface area contributed by atoms with Gasteiger partial charge in [0, 0.05) is 11.4 Å². The van der Waals surface area contributed by atoms with Crippen molar-refractivity contribution in [3.63, 3.8) is 0 Å². The van der Waals surface area contributed by atoms with E-state index in [1.165, 1.54) is 29.5 Å². The number of sulfonamides is 1. The van der Waals surface area contributed by atoms with Gasteiger partial charge in [-0.05, 0) is 24.1 Å². The predicted octanol–water partition coefficient (Wildman–Crippen LogP) is 3.56. The Kier molecular flexibility index (Phi) is 6.66. The molecule has 1 aromatic heterocycles. The van der Waals surface area contributed by atoms with Gasteiger partial charge in [-0.1, -0.05) is 48.5 Å². The number of carbonyl (C=O) groups is 1. The second kappa shape index (κ2) is 8.35. The molecular weight excluding hydrogens is 404 g/mol. The molecule has 2 aromatic rings. The van der Waals surface area contributed by atoms with Crippen molar-refractivity contribution in [3.8, 4) is 0 Å². The standard InChI is InChI=1S/C14H17ClN4O3S3/c1-8(2)7-23-14-18-17-13(24-14)16-12(20)10-5-4-9(6-11(10)15)19-25(3,21)22/h4-6,8,19H,7H2,1-3H3,(H,16,17,20). The van der Waals surface area contributed by atoms with Crippen molar-refractivity contribution >= 4 is 61.4 Å². The molecule has 2 rings (SSSR count). The Hall–Kier alpha value is -1.36. The molecule has 1 aromatic carbocycles. The Morgan fingerprint density at radius 1 is 1.36 bits per heavy atom. The maximum atomic E-state index is 12.3. The number of carbonyl (C=O) groups excluding carboxylic acids is 1. The summed E-state index contributed by atoms with van der Waals surface area (Å²) in [6, 6.07) is 4.29. The monoisotopic (exact) mass is 420 g/mol. The van der Waals surface area contributed by atoms with Crippen LogP contribution in [-0.2, 0) is 10.0 Å². The van der Waals surface area contributed by atoms with Gasteiger partial charge in [-0.15, -0.1) is 10.2 Å². The van der Waals surface area contributed by atoms with E-state index in [2.05, 4.69) is 34.1 Å². The smallest absolute Gasteiger partial charge is 0.259 e. The van der Waals surface area contributed by atoms with E-state index in [1.807, 2.05) is 0 Å².